The van der Waals surface area contributed by atoms with Gasteiger partial charge in [-0.15, -0.1) is 0 Å². The number of piperidine rings is 3. The van der Waals surface area contributed by atoms with Gasteiger partial charge in [-0.05, 0) is 17.7 Å². The number of ether oxygens (including phenoxy) is 1. The van der Waals surface area contributed by atoms with Crippen LogP contribution >= 0.6 is 15.9 Å². The first-order valence-electron chi connectivity index (χ1n) is 8.71. The smallest absolute Gasteiger partial charge is 0.412 e. The van der Waals surface area contributed by atoms with Crippen LogP contribution in [0, 0.1) is 0 Å². The molecule has 3 heterocycles. The molecule has 2 bridgehead atoms. The van der Waals surface area contributed by atoms with Crippen LogP contribution in [-0.4, -0.2) is 36.2 Å². The number of nitrogens with zero attached hydrogens (tertiary/aromatic N) is 1. The van der Waals surface area contributed by atoms with E-state index in [0.29, 0.717) is 0 Å². The molecule has 0 radical (unpaired) electrons. The molecule has 0 aliphatic carbocycles. The summed E-state index contributed by atoms with van der Waals surface area (Å²) in [6.07, 6.45) is 2.45. The van der Waals surface area contributed by atoms with Gasteiger partial charge in [-0.1, -0.05) is 52.3 Å². The first kappa shape index (κ1) is 16.6. The van der Waals surface area contributed by atoms with Gasteiger partial charge in [0, 0.05) is 48.9 Å². The van der Waals surface area contributed by atoms with Crippen molar-refractivity contribution in [1.29, 1.82) is 0 Å². The van der Waals surface area contributed by atoms with E-state index >= 15 is 0 Å². The summed E-state index contributed by atoms with van der Waals surface area (Å²) < 4.78 is 6.83. The van der Waals surface area contributed by atoms with Crippen LogP contribution in [-0.2, 0) is 4.74 Å². The Morgan fingerprint density at radius 1 is 1.04 bits per heavy atom. The van der Waals surface area contributed by atoms with Crippen molar-refractivity contribution in [2.45, 2.75) is 24.9 Å². The lowest BCUT2D eigenvalue weighted by molar-refractivity contribution is -0.0742. The largest absolute Gasteiger partial charge is 0.443 e. The van der Waals surface area contributed by atoms with Gasteiger partial charge in [0.05, 0.1) is 5.69 Å². The van der Waals surface area contributed by atoms with Crippen LogP contribution in [0.4, 0.5) is 10.5 Å². The van der Waals surface area contributed by atoms with E-state index in [-0.39, 0.29) is 11.7 Å². The summed E-state index contributed by atoms with van der Waals surface area (Å²) in [5.41, 5.74) is 2.53. The molecule has 130 valence electrons. The van der Waals surface area contributed by atoms with Gasteiger partial charge in [-0.25, -0.2) is 4.79 Å². The van der Waals surface area contributed by atoms with Gasteiger partial charge in [-0.3, -0.25) is 5.32 Å². The van der Waals surface area contributed by atoms with Gasteiger partial charge in [0.1, 0.15) is 5.60 Å². The molecular formula is C20H21BrN2O2. The second-order valence-electron chi connectivity index (χ2n) is 6.85. The monoisotopic (exact) mass is 400 g/mol. The maximum atomic E-state index is 12.6. The highest BCUT2D eigenvalue weighted by Gasteiger charge is 2.42. The average molecular weight is 401 g/mol. The molecule has 0 spiro atoms. The molecule has 2 aromatic carbocycles. The summed E-state index contributed by atoms with van der Waals surface area (Å²) in [7, 11) is 0. The highest BCUT2D eigenvalue weighted by atomic mass is 79.9. The molecule has 0 atom stereocenters. The lowest BCUT2D eigenvalue weighted by Crippen LogP contribution is -2.54. The van der Waals surface area contributed by atoms with E-state index in [1.54, 1.807) is 0 Å². The Bertz CT molecular complexity index is 757. The fraction of sp³-hybridized carbons (Fsp3) is 0.350. The van der Waals surface area contributed by atoms with E-state index in [4.69, 9.17) is 4.74 Å². The minimum absolute atomic E-state index is 0.280. The summed E-state index contributed by atoms with van der Waals surface area (Å²) in [6, 6.07) is 16.0. The molecule has 3 fully saturated rings. The van der Waals surface area contributed by atoms with Crippen LogP contribution in [0.25, 0.3) is 11.1 Å². The number of fused-ring (bicyclic) bond motifs is 3. The molecular weight excluding hydrogens is 380 g/mol. The summed E-state index contributed by atoms with van der Waals surface area (Å²) in [5, 5.41) is 2.97. The Morgan fingerprint density at radius 2 is 1.72 bits per heavy atom. The Morgan fingerprint density at radius 3 is 2.40 bits per heavy atom. The number of rotatable bonds is 3. The van der Waals surface area contributed by atoms with Gasteiger partial charge in [-0.2, -0.15) is 0 Å². The molecule has 5 rings (SSSR count). The Hall–Kier alpha value is -1.85. The highest BCUT2D eigenvalue weighted by molar-refractivity contribution is 9.10. The summed E-state index contributed by atoms with van der Waals surface area (Å²) in [5.74, 6) is 0. The van der Waals surface area contributed by atoms with Crippen molar-refractivity contribution in [3.8, 4) is 11.1 Å². The number of carbonyl (C=O) groups is 1. The Balaban J connectivity index is 1.54. The highest BCUT2D eigenvalue weighted by Crippen LogP contribution is 2.36. The van der Waals surface area contributed by atoms with Crippen LogP contribution in [0.5, 0.6) is 0 Å². The molecule has 3 aliphatic heterocycles. The van der Waals surface area contributed by atoms with Gasteiger partial charge < -0.3 is 9.64 Å². The van der Waals surface area contributed by atoms with Crippen LogP contribution < -0.4 is 5.32 Å². The zero-order valence-corrected chi connectivity index (χ0v) is 15.6. The average Bonchev–Trinajstić information content (AvgIpc) is 2.63. The van der Waals surface area contributed by atoms with E-state index in [1.807, 2.05) is 48.5 Å². The van der Waals surface area contributed by atoms with E-state index in [9.17, 15) is 4.79 Å². The van der Waals surface area contributed by atoms with Crippen molar-refractivity contribution >= 4 is 27.7 Å². The van der Waals surface area contributed by atoms with E-state index in [2.05, 4.69) is 26.1 Å². The number of carbonyl (C=O) groups excluding carboxylic acids is 1. The van der Waals surface area contributed by atoms with Crippen molar-refractivity contribution in [2.75, 3.05) is 25.0 Å². The minimum Gasteiger partial charge on any atom is -0.443 e. The fourth-order valence-corrected chi connectivity index (χ4v) is 4.13. The Kier molecular flexibility index (Phi) is 4.52. The summed E-state index contributed by atoms with van der Waals surface area (Å²) >= 11 is 3.49. The maximum absolute atomic E-state index is 12.6. The molecule has 3 saturated heterocycles. The van der Waals surface area contributed by atoms with Crippen molar-refractivity contribution in [2.24, 2.45) is 0 Å². The fourth-order valence-electron chi connectivity index (χ4n) is 3.77. The second-order valence-corrected chi connectivity index (χ2v) is 7.76. The number of anilines is 1. The van der Waals surface area contributed by atoms with Crippen LogP contribution in [0.3, 0.4) is 0 Å². The first-order chi connectivity index (χ1) is 12.1. The Labute approximate surface area is 156 Å². The number of halogens is 1. The predicted octanol–water partition coefficient (Wildman–Crippen LogP) is 4.90. The molecule has 1 amide bonds. The van der Waals surface area contributed by atoms with Gasteiger partial charge in [0.2, 0.25) is 0 Å². The van der Waals surface area contributed by atoms with Crippen LogP contribution in [0.15, 0.2) is 53.0 Å². The SMILES string of the molecule is O=C(Nc1cc(Br)ccc1-c1ccccc1)OC12CCN(CC1)CC2. The molecule has 0 unspecified atom stereocenters. The summed E-state index contributed by atoms with van der Waals surface area (Å²) in [4.78, 5) is 15.0. The van der Waals surface area contributed by atoms with Crippen LogP contribution in [0.2, 0.25) is 0 Å². The number of hydrogen-bond donors (Lipinski definition) is 1. The molecule has 0 aromatic heterocycles. The standard InChI is InChI=1S/C20H21BrN2O2/c21-16-6-7-17(15-4-2-1-3-5-15)18(14-16)22-19(24)25-20-8-11-23(12-9-20)13-10-20/h1-7,14H,8-13H2,(H,22,24). The molecule has 1 N–H and O–H groups in total. The topological polar surface area (TPSA) is 41.6 Å². The molecule has 3 aliphatic rings. The van der Waals surface area contributed by atoms with Crippen molar-refractivity contribution in [1.82, 2.24) is 4.90 Å². The number of amides is 1. The quantitative estimate of drug-likeness (QED) is 0.795. The van der Waals surface area contributed by atoms with E-state index in [0.717, 1.165) is 60.2 Å². The molecule has 4 nitrogen and oxygen atoms in total. The van der Waals surface area contributed by atoms with Crippen molar-refractivity contribution in [3.63, 3.8) is 0 Å². The number of benzene rings is 2. The normalized spacial score (nSPS) is 24.8. The second kappa shape index (κ2) is 6.81. The lowest BCUT2D eigenvalue weighted by atomic mass is 9.83. The predicted molar refractivity (Wildman–Crippen MR) is 103 cm³/mol. The van der Waals surface area contributed by atoms with Crippen molar-refractivity contribution < 1.29 is 9.53 Å². The third-order valence-electron chi connectivity index (χ3n) is 5.26. The van der Waals surface area contributed by atoms with Gasteiger partial charge in [0.15, 0.2) is 0 Å². The third-order valence-corrected chi connectivity index (χ3v) is 5.76. The van der Waals surface area contributed by atoms with Crippen molar-refractivity contribution in [3.05, 3.63) is 53.0 Å². The van der Waals surface area contributed by atoms with Gasteiger partial charge in [0.25, 0.3) is 0 Å². The molecule has 5 heteroatoms. The zero-order valence-electron chi connectivity index (χ0n) is 14.0. The summed E-state index contributed by atoms with van der Waals surface area (Å²) in [6.45, 7) is 3.08. The minimum atomic E-state index is -0.356. The van der Waals surface area contributed by atoms with Gasteiger partial charge >= 0.3 is 6.09 Å². The van der Waals surface area contributed by atoms with E-state index in [1.165, 1.54) is 0 Å². The zero-order chi connectivity index (χ0) is 17.3. The number of hydrogen-bond acceptors (Lipinski definition) is 3. The molecule has 25 heavy (non-hydrogen) atoms. The van der Waals surface area contributed by atoms with E-state index < -0.39 is 0 Å². The first-order valence-corrected chi connectivity index (χ1v) is 9.50. The third kappa shape index (κ3) is 3.58. The maximum Gasteiger partial charge on any atom is 0.412 e. The van der Waals surface area contributed by atoms with Crippen LogP contribution in [0.1, 0.15) is 19.3 Å². The number of nitrogens with one attached hydrogen (secondary N) is 1. The lowest BCUT2D eigenvalue weighted by Gasteiger charge is -2.47. The molecule has 0 saturated carbocycles. The molecule has 2 aromatic rings.